The largest absolute Gasteiger partial charge is 0.463 e. The molecule has 23 atom stereocenters. The molecule has 5 fully saturated rings. The second-order valence-electron chi connectivity index (χ2n) is 19.7. The third-order valence-corrected chi connectivity index (χ3v) is 13.2. The van der Waals surface area contributed by atoms with Crippen LogP contribution in [0.2, 0.25) is 0 Å². The molecule has 0 aromatic heterocycles. The quantitative estimate of drug-likeness (QED) is 0.0375. The predicted molar refractivity (Wildman–Crippen MR) is 281 cm³/mol. The fraction of sp³-hybridized carbons (Fsp3) is 0.804. The van der Waals surface area contributed by atoms with Crippen molar-refractivity contribution in [3.63, 3.8) is 0 Å². The van der Waals surface area contributed by atoms with Gasteiger partial charge in [0.1, 0.15) is 61.4 Å². The zero-order valence-corrected chi connectivity index (χ0v) is 49.0. The maximum atomic E-state index is 13.5. The van der Waals surface area contributed by atoms with Gasteiger partial charge in [-0.2, -0.15) is 0 Å². The van der Waals surface area contributed by atoms with E-state index in [1.165, 1.54) is 0 Å². The summed E-state index contributed by atoms with van der Waals surface area (Å²) in [6.45, 7) is 5.66. The van der Waals surface area contributed by atoms with Crippen LogP contribution in [-0.2, 0) is 124 Å². The lowest BCUT2D eigenvalue weighted by Gasteiger charge is -2.48. The van der Waals surface area contributed by atoms with Crippen LogP contribution in [0, 0.1) is 0 Å². The van der Waals surface area contributed by atoms with Crippen LogP contribution in [0.4, 0.5) is 0 Å². The third kappa shape index (κ3) is 19.4. The molecule has 4 aliphatic heterocycles. The highest BCUT2D eigenvalue weighted by Gasteiger charge is 2.60. The first-order valence-electron chi connectivity index (χ1n) is 26.7. The molecular formula is C46H60N18O26. The first-order chi connectivity index (χ1) is 42.8. The fourth-order valence-corrected chi connectivity index (χ4v) is 10.3. The van der Waals surface area contributed by atoms with Gasteiger partial charge in [-0.1, -0.05) is 30.7 Å². The van der Waals surface area contributed by atoms with E-state index in [4.69, 9.17) is 80.5 Å². The molecule has 0 spiro atoms. The molecule has 5 aliphatic rings. The molecule has 5 rings (SSSR count). The first kappa shape index (κ1) is 71.5. The Morgan fingerprint density at radius 1 is 0.344 bits per heavy atom. The number of nitrogens with zero attached hydrogens (tertiary/aromatic N) is 18. The summed E-state index contributed by atoms with van der Waals surface area (Å²) in [5, 5.41) is 22.0. The average molecular weight is 1280 g/mol. The number of carbonyl (C=O) groups excluding carboxylic acids is 9. The minimum Gasteiger partial charge on any atom is -0.463 e. The smallest absolute Gasteiger partial charge is 0.303 e. The Kier molecular flexibility index (Phi) is 27.0. The summed E-state index contributed by atoms with van der Waals surface area (Å²) < 4.78 is 100. The van der Waals surface area contributed by atoms with Crippen LogP contribution < -0.4 is 0 Å². The van der Waals surface area contributed by atoms with E-state index in [1.807, 2.05) is 0 Å². The summed E-state index contributed by atoms with van der Waals surface area (Å²) in [7, 11) is 0. The van der Waals surface area contributed by atoms with Crippen molar-refractivity contribution in [1.29, 1.82) is 0 Å². The number of rotatable bonds is 27. The van der Waals surface area contributed by atoms with E-state index in [9.17, 15) is 76.3 Å². The molecule has 0 aromatic carbocycles. The average Bonchev–Trinajstić information content (AvgIpc) is 1.16. The van der Waals surface area contributed by atoms with E-state index < -0.39 is 227 Å². The zero-order valence-electron chi connectivity index (χ0n) is 49.0. The molecule has 8 unspecified atom stereocenters. The van der Waals surface area contributed by atoms with Gasteiger partial charge >= 0.3 is 53.7 Å². The number of carbonyl (C=O) groups is 9. The number of hydrogen-bond acceptors (Lipinski definition) is 32. The standard InChI is InChI=1S/C46H60N18O26/c1-15(65)74-13-28-36(79-19(5)69)41(82-22(8)72)45(86-28)75-14-29-37(89-44-31(58-64-52)39(81-21(7)71)35(78-18(4)68)27(85-44)12-54-60-48)42(83-23(9)73)46(87-29)90-40-32(76-16(2)66)24(55-61-49)10-25(56-62-50)33(40)88-43-30(57-63-51)38(80-20(6)70)34(77-17(3)67)26(84-43)11-53-59-47/h24-46H,10-14H2,1-9H3/t24-,25?,26?,27-,28+,29+,30?,31?,32?,33+,34+,35+,36-,37-,38+,39?,40+,41?,42?,43+,44+,45+,46-/m0/s1. The van der Waals surface area contributed by atoms with Crippen molar-refractivity contribution in [3.8, 4) is 0 Å². The van der Waals surface area contributed by atoms with Gasteiger partial charge in [-0.25, -0.2) is 0 Å². The Bertz CT molecular complexity index is 2970. The van der Waals surface area contributed by atoms with Crippen LogP contribution in [0.15, 0.2) is 30.7 Å². The van der Waals surface area contributed by atoms with Crippen LogP contribution in [-0.4, -0.2) is 221 Å². The molecule has 1 aliphatic carbocycles. The second-order valence-corrected chi connectivity index (χ2v) is 19.7. The van der Waals surface area contributed by atoms with E-state index in [0.717, 1.165) is 62.3 Å². The molecule has 44 heteroatoms. The lowest BCUT2D eigenvalue weighted by Crippen LogP contribution is -2.65. The lowest BCUT2D eigenvalue weighted by molar-refractivity contribution is -0.309. The molecule has 44 nitrogen and oxygen atoms in total. The van der Waals surface area contributed by atoms with Crippen molar-refractivity contribution in [2.75, 3.05) is 26.3 Å². The number of azide groups is 6. The Labute approximate surface area is 505 Å². The summed E-state index contributed by atoms with van der Waals surface area (Å²) in [5.74, 6) is -9.06. The number of hydrogen-bond donors (Lipinski definition) is 0. The Morgan fingerprint density at radius 3 is 1.09 bits per heavy atom. The topological polar surface area (TPSA) is 603 Å². The molecule has 90 heavy (non-hydrogen) atoms. The van der Waals surface area contributed by atoms with Gasteiger partial charge in [0.05, 0.1) is 37.9 Å². The van der Waals surface area contributed by atoms with Gasteiger partial charge in [-0.15, -0.1) is 0 Å². The van der Waals surface area contributed by atoms with Gasteiger partial charge in [0, 0.05) is 91.8 Å². The van der Waals surface area contributed by atoms with Crippen LogP contribution in [0.5, 0.6) is 0 Å². The maximum absolute atomic E-state index is 13.5. The highest BCUT2D eigenvalue weighted by atomic mass is 16.8. The van der Waals surface area contributed by atoms with Crippen LogP contribution in [0.3, 0.4) is 0 Å². The fourth-order valence-electron chi connectivity index (χ4n) is 10.3. The van der Waals surface area contributed by atoms with E-state index in [-0.39, 0.29) is 0 Å². The summed E-state index contributed by atoms with van der Waals surface area (Å²) in [4.78, 5) is 131. The summed E-state index contributed by atoms with van der Waals surface area (Å²) in [6, 6.07) is -7.10. The minimum absolute atomic E-state index is 0.575. The van der Waals surface area contributed by atoms with Gasteiger partial charge in [0.2, 0.25) is 0 Å². The highest BCUT2D eigenvalue weighted by molar-refractivity contribution is 5.70. The normalized spacial score (nSPS) is 34.0. The van der Waals surface area contributed by atoms with E-state index in [1.54, 1.807) is 0 Å². The molecule has 4 saturated heterocycles. The van der Waals surface area contributed by atoms with Gasteiger partial charge in [0.25, 0.3) is 0 Å². The summed E-state index contributed by atoms with van der Waals surface area (Å²) in [6.07, 6.45) is -35.6. The molecule has 490 valence electrons. The van der Waals surface area contributed by atoms with Gasteiger partial charge in [-0.3, -0.25) is 43.2 Å². The molecule has 0 N–H and O–H groups in total. The van der Waals surface area contributed by atoms with Gasteiger partial charge in [0.15, 0.2) is 67.9 Å². The van der Waals surface area contributed by atoms with Crippen LogP contribution >= 0.6 is 0 Å². The zero-order chi connectivity index (χ0) is 66.5. The molecule has 0 amide bonds. The Morgan fingerprint density at radius 2 is 0.678 bits per heavy atom. The SMILES string of the molecule is CC(=O)OC[C@H]1O[C@@H](OC[C@H]2O[C@@H](O[C@@H]3C(OC(C)=O)[C@@H](N=[N+]=[N-])CC(N=[N+]=[N-])[C@H]3O[C@H]3OC(CN=[N+]=[N-])[C@@H](OC(C)=O)[C@H](OC(C)=O)C3N=[N+]=[N-])C(OC(C)=O)[C@H]2O[C@H]2O[C@@H](CN=[N+]=[N-])[C@@H](OC(C)=O)C(OC(C)=O)C2N=[N+]=[N-])C(OC(C)=O)[C@H]1OC(C)=O. The minimum atomic E-state index is -2.21. The number of ether oxygens (including phenoxy) is 17. The molecule has 4 heterocycles. The third-order valence-electron chi connectivity index (χ3n) is 13.2. The summed E-state index contributed by atoms with van der Waals surface area (Å²) in [5.41, 5.74) is 58.5. The van der Waals surface area contributed by atoms with Crippen molar-refractivity contribution < 1.29 is 124 Å². The van der Waals surface area contributed by atoms with E-state index >= 15 is 0 Å². The molecule has 0 aromatic rings. The first-order valence-corrected chi connectivity index (χ1v) is 26.7. The van der Waals surface area contributed by atoms with Gasteiger partial charge < -0.3 is 80.5 Å². The van der Waals surface area contributed by atoms with Crippen molar-refractivity contribution in [3.05, 3.63) is 62.7 Å². The van der Waals surface area contributed by atoms with Gasteiger partial charge in [-0.05, 0) is 39.6 Å². The number of esters is 9. The monoisotopic (exact) mass is 1280 g/mol. The molecule has 0 bridgehead atoms. The van der Waals surface area contributed by atoms with Crippen molar-refractivity contribution in [2.45, 2.75) is 210 Å². The molecular weight excluding hydrogens is 1220 g/mol. The van der Waals surface area contributed by atoms with E-state index in [2.05, 4.69) is 60.2 Å². The maximum Gasteiger partial charge on any atom is 0.303 e. The van der Waals surface area contributed by atoms with Crippen molar-refractivity contribution in [2.24, 2.45) is 30.7 Å². The molecule has 1 saturated carbocycles. The van der Waals surface area contributed by atoms with Crippen LogP contribution in [0.25, 0.3) is 62.7 Å². The van der Waals surface area contributed by atoms with Crippen molar-refractivity contribution >= 4 is 53.7 Å². The Hall–Kier alpha value is -9.23. The van der Waals surface area contributed by atoms with E-state index in [0.29, 0.717) is 0 Å². The highest BCUT2D eigenvalue weighted by Crippen LogP contribution is 2.41. The van der Waals surface area contributed by atoms with Crippen molar-refractivity contribution in [1.82, 2.24) is 0 Å². The Balaban J connectivity index is 1.77. The second kappa shape index (κ2) is 33.9. The molecule has 0 radical (unpaired) electrons. The summed E-state index contributed by atoms with van der Waals surface area (Å²) >= 11 is 0. The lowest BCUT2D eigenvalue weighted by atomic mass is 9.83. The van der Waals surface area contributed by atoms with Crippen LogP contribution in [0.1, 0.15) is 68.7 Å². The predicted octanol–water partition coefficient (Wildman–Crippen LogP) is 2.81.